The van der Waals surface area contributed by atoms with E-state index in [1.54, 1.807) is 23.0 Å². The summed E-state index contributed by atoms with van der Waals surface area (Å²) in [6.07, 6.45) is 3.39. The Labute approximate surface area is 139 Å². The lowest BCUT2D eigenvalue weighted by Gasteiger charge is -2.18. The number of hydrogen-bond acceptors (Lipinski definition) is 6. The maximum atomic E-state index is 5.31. The Morgan fingerprint density at radius 1 is 1.30 bits per heavy atom. The van der Waals surface area contributed by atoms with Gasteiger partial charge in [0.25, 0.3) is 0 Å². The number of thiophene rings is 1. The minimum Gasteiger partial charge on any atom is -0.383 e. The molecule has 3 aromatic rings. The third kappa shape index (κ3) is 3.68. The third-order valence-corrected chi connectivity index (χ3v) is 4.35. The van der Waals surface area contributed by atoms with Gasteiger partial charge in [-0.05, 0) is 30.0 Å². The Morgan fingerprint density at radius 2 is 2.22 bits per heavy atom. The Bertz CT molecular complexity index is 740. The Hall–Kier alpha value is -1.99. The summed E-state index contributed by atoms with van der Waals surface area (Å²) in [6, 6.07) is 6.15. The van der Waals surface area contributed by atoms with Gasteiger partial charge in [0, 0.05) is 18.1 Å². The van der Waals surface area contributed by atoms with Gasteiger partial charge in [-0.15, -0.1) is 15.3 Å². The van der Waals surface area contributed by atoms with E-state index in [4.69, 9.17) is 4.74 Å². The van der Waals surface area contributed by atoms with E-state index in [2.05, 4.69) is 27.5 Å². The first-order valence-corrected chi connectivity index (χ1v) is 8.76. The number of anilines is 1. The Morgan fingerprint density at radius 3 is 2.96 bits per heavy atom. The molecule has 0 aliphatic rings. The van der Waals surface area contributed by atoms with E-state index in [9.17, 15) is 0 Å². The monoisotopic (exact) mass is 331 g/mol. The number of ether oxygens (including phenoxy) is 1. The highest BCUT2D eigenvalue weighted by molar-refractivity contribution is 7.08. The fourth-order valence-corrected chi connectivity index (χ4v) is 3.13. The van der Waals surface area contributed by atoms with Crippen molar-refractivity contribution in [1.29, 1.82) is 0 Å². The van der Waals surface area contributed by atoms with Crippen LogP contribution >= 0.6 is 11.3 Å². The van der Waals surface area contributed by atoms with Crippen LogP contribution in [-0.2, 0) is 4.74 Å². The first-order valence-electron chi connectivity index (χ1n) is 7.82. The van der Waals surface area contributed by atoms with Gasteiger partial charge in [0.2, 0.25) is 0 Å². The molecular formula is C16H21N5OS. The molecule has 0 radical (unpaired) electrons. The first kappa shape index (κ1) is 15.9. The standard InChI is InChI=1S/C16H21N5OS/c1-3-4-5-13(10-22-2)17-14-6-7-15-18-19-16(21(15)20-14)12-8-9-23-11-12/h6-9,11,13H,3-5,10H2,1-2H3,(H,17,20). The van der Waals surface area contributed by atoms with Crippen LogP contribution in [0.25, 0.3) is 17.0 Å². The van der Waals surface area contributed by atoms with Crippen LogP contribution in [0.2, 0.25) is 0 Å². The topological polar surface area (TPSA) is 64.3 Å². The second-order valence-electron chi connectivity index (χ2n) is 5.46. The van der Waals surface area contributed by atoms with E-state index in [1.165, 1.54) is 6.42 Å². The van der Waals surface area contributed by atoms with Crippen molar-refractivity contribution < 1.29 is 4.74 Å². The molecule has 6 nitrogen and oxygen atoms in total. The molecule has 122 valence electrons. The summed E-state index contributed by atoms with van der Waals surface area (Å²) in [5.74, 6) is 1.58. The van der Waals surface area contributed by atoms with Gasteiger partial charge in [-0.2, -0.15) is 15.9 Å². The summed E-state index contributed by atoms with van der Waals surface area (Å²) >= 11 is 1.64. The molecule has 3 rings (SSSR count). The zero-order chi connectivity index (χ0) is 16.1. The Balaban J connectivity index is 1.85. The fraction of sp³-hybridized carbons (Fsp3) is 0.438. The smallest absolute Gasteiger partial charge is 0.186 e. The van der Waals surface area contributed by atoms with Gasteiger partial charge in [-0.3, -0.25) is 0 Å². The molecule has 0 fully saturated rings. The predicted molar refractivity (Wildman–Crippen MR) is 92.9 cm³/mol. The summed E-state index contributed by atoms with van der Waals surface area (Å²) in [5.41, 5.74) is 1.78. The summed E-state index contributed by atoms with van der Waals surface area (Å²) in [7, 11) is 1.73. The van der Waals surface area contributed by atoms with Gasteiger partial charge >= 0.3 is 0 Å². The normalized spacial score (nSPS) is 12.6. The van der Waals surface area contributed by atoms with Crippen LogP contribution in [0.3, 0.4) is 0 Å². The second-order valence-corrected chi connectivity index (χ2v) is 6.24. The number of fused-ring (bicyclic) bond motifs is 1. The van der Waals surface area contributed by atoms with E-state index in [-0.39, 0.29) is 6.04 Å². The zero-order valence-corrected chi connectivity index (χ0v) is 14.2. The highest BCUT2D eigenvalue weighted by Crippen LogP contribution is 2.21. The SMILES string of the molecule is CCCCC(COC)Nc1ccc2nnc(-c3ccsc3)n2n1. The second kappa shape index (κ2) is 7.52. The van der Waals surface area contributed by atoms with E-state index in [0.29, 0.717) is 6.61 Å². The van der Waals surface area contributed by atoms with Gasteiger partial charge in [0.15, 0.2) is 11.5 Å². The van der Waals surface area contributed by atoms with Crippen LogP contribution in [0, 0.1) is 0 Å². The number of nitrogens with one attached hydrogen (secondary N) is 1. The van der Waals surface area contributed by atoms with Gasteiger partial charge < -0.3 is 10.1 Å². The molecule has 0 saturated heterocycles. The van der Waals surface area contributed by atoms with E-state index in [1.807, 2.05) is 29.0 Å². The van der Waals surface area contributed by atoms with Crippen molar-refractivity contribution in [3.8, 4) is 11.4 Å². The van der Waals surface area contributed by atoms with Crippen LogP contribution in [-0.4, -0.2) is 39.6 Å². The molecule has 3 heterocycles. The number of rotatable bonds is 8. The molecule has 3 aromatic heterocycles. The van der Waals surface area contributed by atoms with Gasteiger partial charge in [-0.25, -0.2) is 0 Å². The number of aromatic nitrogens is 4. The number of unbranched alkanes of at least 4 members (excludes halogenated alkanes) is 1. The molecule has 1 atom stereocenters. The maximum absolute atomic E-state index is 5.31. The van der Waals surface area contributed by atoms with Crippen LogP contribution < -0.4 is 5.32 Å². The third-order valence-electron chi connectivity index (χ3n) is 3.67. The molecular weight excluding hydrogens is 310 g/mol. The minimum atomic E-state index is 0.256. The van der Waals surface area contributed by atoms with Gasteiger partial charge in [-0.1, -0.05) is 19.8 Å². The lowest BCUT2D eigenvalue weighted by Crippen LogP contribution is -2.25. The average molecular weight is 331 g/mol. The molecule has 0 aromatic carbocycles. The molecule has 0 spiro atoms. The molecule has 1 N–H and O–H groups in total. The van der Waals surface area contributed by atoms with Gasteiger partial charge in [0.1, 0.15) is 5.82 Å². The Kier molecular flexibility index (Phi) is 5.19. The van der Waals surface area contributed by atoms with Gasteiger partial charge in [0.05, 0.1) is 12.6 Å². The zero-order valence-electron chi connectivity index (χ0n) is 13.4. The molecule has 1 unspecified atom stereocenters. The van der Waals surface area contributed by atoms with Crippen LogP contribution in [0.15, 0.2) is 29.0 Å². The summed E-state index contributed by atoms with van der Waals surface area (Å²) in [6.45, 7) is 2.86. The van der Waals surface area contributed by atoms with Crippen LogP contribution in [0.4, 0.5) is 5.82 Å². The average Bonchev–Trinajstić information content (AvgIpc) is 3.21. The van der Waals surface area contributed by atoms with Crippen molar-refractivity contribution in [3.05, 3.63) is 29.0 Å². The number of hydrogen-bond donors (Lipinski definition) is 1. The summed E-state index contributed by atoms with van der Waals surface area (Å²) in [4.78, 5) is 0. The molecule has 23 heavy (non-hydrogen) atoms. The lowest BCUT2D eigenvalue weighted by molar-refractivity contribution is 0.182. The predicted octanol–water partition coefficient (Wildman–Crippen LogP) is 3.47. The molecule has 0 bridgehead atoms. The number of methoxy groups -OCH3 is 1. The van der Waals surface area contributed by atoms with Crippen molar-refractivity contribution in [2.24, 2.45) is 0 Å². The molecule has 7 heteroatoms. The van der Waals surface area contributed by atoms with Crippen molar-refractivity contribution in [2.45, 2.75) is 32.2 Å². The fourth-order valence-electron chi connectivity index (χ4n) is 2.50. The minimum absolute atomic E-state index is 0.256. The van der Waals surface area contributed by atoms with E-state index < -0.39 is 0 Å². The van der Waals surface area contributed by atoms with Crippen molar-refractivity contribution in [1.82, 2.24) is 19.8 Å². The summed E-state index contributed by atoms with van der Waals surface area (Å²) < 4.78 is 7.09. The van der Waals surface area contributed by atoms with Crippen LogP contribution in [0.5, 0.6) is 0 Å². The molecule has 0 aliphatic heterocycles. The van der Waals surface area contributed by atoms with Crippen molar-refractivity contribution in [3.63, 3.8) is 0 Å². The first-order chi connectivity index (χ1) is 11.3. The lowest BCUT2D eigenvalue weighted by atomic mass is 10.1. The number of nitrogens with zero attached hydrogens (tertiary/aromatic N) is 4. The highest BCUT2D eigenvalue weighted by Gasteiger charge is 2.13. The quantitative estimate of drug-likeness (QED) is 0.685. The summed E-state index contributed by atoms with van der Waals surface area (Å²) in [5, 5.41) is 20.6. The molecule has 0 amide bonds. The highest BCUT2D eigenvalue weighted by atomic mass is 32.1. The largest absolute Gasteiger partial charge is 0.383 e. The van der Waals surface area contributed by atoms with Crippen molar-refractivity contribution in [2.75, 3.05) is 19.0 Å². The van der Waals surface area contributed by atoms with Crippen molar-refractivity contribution >= 4 is 22.8 Å². The van der Waals surface area contributed by atoms with Crippen LogP contribution in [0.1, 0.15) is 26.2 Å². The molecule has 0 saturated carbocycles. The van der Waals surface area contributed by atoms with E-state index in [0.717, 1.165) is 35.7 Å². The van der Waals surface area contributed by atoms with E-state index >= 15 is 0 Å². The maximum Gasteiger partial charge on any atom is 0.186 e. The molecule has 0 aliphatic carbocycles.